The SMILES string of the molecule is C[C@H]1CCCC12CCN(c1cnc3c(-c4ccccc4Cl)[nH]nc3n1)CC2. The minimum absolute atomic E-state index is 0.567. The number of piperidine rings is 1. The molecular formula is C21H24ClN5. The highest BCUT2D eigenvalue weighted by atomic mass is 35.5. The molecule has 1 aliphatic heterocycles. The number of nitrogens with zero attached hydrogens (tertiary/aromatic N) is 4. The second kappa shape index (κ2) is 6.48. The lowest BCUT2D eigenvalue weighted by atomic mass is 9.71. The van der Waals surface area contributed by atoms with E-state index in [1.54, 1.807) is 0 Å². The van der Waals surface area contributed by atoms with E-state index in [0.29, 0.717) is 16.1 Å². The Morgan fingerprint density at radius 3 is 2.74 bits per heavy atom. The number of halogens is 1. The van der Waals surface area contributed by atoms with E-state index >= 15 is 0 Å². The Hall–Kier alpha value is -2.14. The molecule has 0 amide bonds. The van der Waals surface area contributed by atoms with Gasteiger partial charge in [0.15, 0.2) is 0 Å². The molecule has 0 unspecified atom stereocenters. The molecule has 1 N–H and O–H groups in total. The summed E-state index contributed by atoms with van der Waals surface area (Å²) in [6.45, 7) is 4.56. The fraction of sp³-hybridized carbons (Fsp3) is 0.476. The van der Waals surface area contributed by atoms with Crippen molar-refractivity contribution in [3.05, 3.63) is 35.5 Å². The van der Waals surface area contributed by atoms with Crippen LogP contribution in [-0.2, 0) is 0 Å². The van der Waals surface area contributed by atoms with Crippen molar-refractivity contribution < 1.29 is 0 Å². The number of aromatic nitrogens is 4. The average Bonchev–Trinajstić information content (AvgIpc) is 3.26. The van der Waals surface area contributed by atoms with Crippen molar-refractivity contribution >= 4 is 28.6 Å². The first-order valence-corrected chi connectivity index (χ1v) is 10.3. The molecule has 3 heterocycles. The van der Waals surface area contributed by atoms with E-state index in [1.807, 2.05) is 30.5 Å². The second-order valence-corrected chi connectivity index (χ2v) is 8.53. The number of rotatable bonds is 2. The Morgan fingerprint density at radius 2 is 2.00 bits per heavy atom. The maximum atomic E-state index is 6.34. The van der Waals surface area contributed by atoms with Gasteiger partial charge in [-0.15, -0.1) is 0 Å². The normalized spacial score (nSPS) is 22.0. The van der Waals surface area contributed by atoms with Gasteiger partial charge in [0.05, 0.1) is 16.9 Å². The molecule has 3 aromatic rings. The van der Waals surface area contributed by atoms with Crippen molar-refractivity contribution in [1.29, 1.82) is 0 Å². The van der Waals surface area contributed by atoms with Crippen LogP contribution in [0.15, 0.2) is 30.5 Å². The Balaban J connectivity index is 1.41. The van der Waals surface area contributed by atoms with Crippen LogP contribution in [0.2, 0.25) is 5.02 Å². The minimum Gasteiger partial charge on any atom is -0.355 e. The highest BCUT2D eigenvalue weighted by Crippen LogP contribution is 2.50. The zero-order valence-corrected chi connectivity index (χ0v) is 16.3. The van der Waals surface area contributed by atoms with Crippen LogP contribution < -0.4 is 4.90 Å². The van der Waals surface area contributed by atoms with Crippen LogP contribution in [0, 0.1) is 11.3 Å². The van der Waals surface area contributed by atoms with Crippen LogP contribution >= 0.6 is 11.6 Å². The number of hydrogen-bond acceptors (Lipinski definition) is 4. The van der Waals surface area contributed by atoms with Gasteiger partial charge in [0, 0.05) is 18.7 Å². The first kappa shape index (κ1) is 17.0. The van der Waals surface area contributed by atoms with E-state index in [2.05, 4.69) is 27.0 Å². The van der Waals surface area contributed by atoms with Crippen LogP contribution in [0.4, 0.5) is 5.82 Å². The first-order valence-electron chi connectivity index (χ1n) is 9.87. The van der Waals surface area contributed by atoms with Crippen molar-refractivity contribution in [2.45, 2.75) is 39.0 Å². The predicted molar refractivity (Wildman–Crippen MR) is 109 cm³/mol. The highest BCUT2D eigenvalue weighted by Gasteiger charge is 2.42. The largest absolute Gasteiger partial charge is 0.355 e. The Kier molecular flexibility index (Phi) is 4.08. The third-order valence-corrected chi connectivity index (χ3v) is 7.16. The molecule has 5 nitrogen and oxygen atoms in total. The number of aromatic amines is 1. The van der Waals surface area contributed by atoms with Gasteiger partial charge in [0.25, 0.3) is 0 Å². The Labute approximate surface area is 164 Å². The molecule has 1 aromatic carbocycles. The van der Waals surface area contributed by atoms with Gasteiger partial charge in [-0.05, 0) is 36.7 Å². The van der Waals surface area contributed by atoms with Crippen molar-refractivity contribution in [3.8, 4) is 11.3 Å². The summed E-state index contributed by atoms with van der Waals surface area (Å²) in [4.78, 5) is 11.8. The molecule has 6 heteroatoms. The molecule has 0 radical (unpaired) electrons. The monoisotopic (exact) mass is 381 g/mol. The first-order chi connectivity index (χ1) is 13.2. The summed E-state index contributed by atoms with van der Waals surface area (Å²) in [5.41, 5.74) is 3.71. The number of H-pyrrole nitrogens is 1. The van der Waals surface area contributed by atoms with E-state index < -0.39 is 0 Å². The second-order valence-electron chi connectivity index (χ2n) is 8.12. The number of hydrogen-bond donors (Lipinski definition) is 1. The molecule has 27 heavy (non-hydrogen) atoms. The summed E-state index contributed by atoms with van der Waals surface area (Å²) in [6, 6.07) is 7.72. The summed E-state index contributed by atoms with van der Waals surface area (Å²) in [5, 5.41) is 8.14. The van der Waals surface area contributed by atoms with E-state index in [0.717, 1.165) is 41.6 Å². The molecular weight excluding hydrogens is 358 g/mol. The standard InChI is InChI=1S/C21H24ClN5/c1-14-5-4-8-21(14)9-11-27(12-10-21)17-13-23-19-18(25-26-20(19)24-17)15-6-2-3-7-16(15)22/h2-3,6-7,13-14H,4-5,8-12H2,1H3,(H,24,25,26)/t14-/m0/s1. The molecule has 1 atom stereocenters. The summed E-state index contributed by atoms with van der Waals surface area (Å²) >= 11 is 6.34. The third-order valence-electron chi connectivity index (χ3n) is 6.84. The molecule has 2 aliphatic rings. The molecule has 1 saturated heterocycles. The van der Waals surface area contributed by atoms with Crippen LogP contribution in [0.3, 0.4) is 0 Å². The van der Waals surface area contributed by atoms with Gasteiger partial charge in [-0.1, -0.05) is 49.6 Å². The molecule has 2 fully saturated rings. The molecule has 0 bridgehead atoms. The number of benzene rings is 1. The van der Waals surface area contributed by atoms with Gasteiger partial charge in [0.2, 0.25) is 5.65 Å². The lowest BCUT2D eigenvalue weighted by molar-refractivity contribution is 0.161. The zero-order chi connectivity index (χ0) is 18.4. The van der Waals surface area contributed by atoms with E-state index in [4.69, 9.17) is 16.6 Å². The fourth-order valence-electron chi connectivity index (χ4n) is 5.03. The predicted octanol–water partition coefficient (Wildman–Crippen LogP) is 5.08. The average molecular weight is 382 g/mol. The van der Waals surface area contributed by atoms with Crippen LogP contribution in [-0.4, -0.2) is 33.3 Å². The smallest absolute Gasteiger partial charge is 0.202 e. The fourth-order valence-corrected chi connectivity index (χ4v) is 5.26. The van der Waals surface area contributed by atoms with Crippen molar-refractivity contribution in [1.82, 2.24) is 20.2 Å². The van der Waals surface area contributed by atoms with Crippen molar-refractivity contribution in [2.24, 2.45) is 11.3 Å². The van der Waals surface area contributed by atoms with Gasteiger partial charge in [-0.25, -0.2) is 9.97 Å². The number of anilines is 1. The lowest BCUT2D eigenvalue weighted by Crippen LogP contribution is -2.41. The maximum Gasteiger partial charge on any atom is 0.202 e. The van der Waals surface area contributed by atoms with Crippen LogP contribution in [0.1, 0.15) is 39.0 Å². The van der Waals surface area contributed by atoms with Gasteiger partial charge >= 0.3 is 0 Å². The molecule has 140 valence electrons. The zero-order valence-electron chi connectivity index (χ0n) is 15.6. The maximum absolute atomic E-state index is 6.34. The summed E-state index contributed by atoms with van der Waals surface area (Å²) in [5.74, 6) is 1.79. The van der Waals surface area contributed by atoms with Gasteiger partial charge < -0.3 is 4.90 Å². The summed E-state index contributed by atoms with van der Waals surface area (Å²) < 4.78 is 0. The summed E-state index contributed by atoms with van der Waals surface area (Å²) in [6.07, 6.45) is 8.59. The van der Waals surface area contributed by atoms with Gasteiger partial charge in [-0.2, -0.15) is 5.10 Å². The molecule has 1 aliphatic carbocycles. The van der Waals surface area contributed by atoms with Crippen molar-refractivity contribution in [2.75, 3.05) is 18.0 Å². The molecule has 1 saturated carbocycles. The minimum atomic E-state index is 0.567. The van der Waals surface area contributed by atoms with E-state index in [-0.39, 0.29) is 0 Å². The number of fused-ring (bicyclic) bond motifs is 1. The van der Waals surface area contributed by atoms with Gasteiger partial charge in [-0.3, -0.25) is 5.10 Å². The molecule has 1 spiro atoms. The van der Waals surface area contributed by atoms with Crippen LogP contribution in [0.5, 0.6) is 0 Å². The lowest BCUT2D eigenvalue weighted by Gasteiger charge is -2.42. The highest BCUT2D eigenvalue weighted by molar-refractivity contribution is 6.33. The van der Waals surface area contributed by atoms with Gasteiger partial charge in [0.1, 0.15) is 11.3 Å². The molecule has 5 rings (SSSR count). The Morgan fingerprint density at radius 1 is 1.19 bits per heavy atom. The topological polar surface area (TPSA) is 57.7 Å². The number of nitrogens with one attached hydrogen (secondary N) is 1. The molecule has 2 aromatic heterocycles. The van der Waals surface area contributed by atoms with Crippen molar-refractivity contribution in [3.63, 3.8) is 0 Å². The Bertz CT molecular complexity index is 974. The third kappa shape index (κ3) is 2.80. The van der Waals surface area contributed by atoms with E-state index in [9.17, 15) is 0 Å². The quantitative estimate of drug-likeness (QED) is 0.672. The van der Waals surface area contributed by atoms with Crippen LogP contribution in [0.25, 0.3) is 22.4 Å². The van der Waals surface area contributed by atoms with E-state index in [1.165, 1.54) is 32.1 Å². The summed E-state index contributed by atoms with van der Waals surface area (Å²) in [7, 11) is 0.